The summed E-state index contributed by atoms with van der Waals surface area (Å²) in [5.41, 5.74) is 9.20. The number of halogens is 3. The van der Waals surface area contributed by atoms with E-state index in [2.05, 4.69) is 9.88 Å². The number of hydrogen-bond acceptors (Lipinski definition) is 3. The minimum atomic E-state index is -4.38. The van der Waals surface area contributed by atoms with Gasteiger partial charge in [-0.15, -0.1) is 5.69 Å². The van der Waals surface area contributed by atoms with Crippen LogP contribution in [0.1, 0.15) is 47.2 Å². The standard InChI is InChI=1S/C15H11F3O2.C11H16N3/c1-9-2-3-11(14(19)20)8-13(9)10-4-6-12(7-5-10)15(16,17)18;12-10-5-6-11(13-9-10)14-7-3-1-2-4-8-14/h2-8H,1H3,(H,19,20);5-6,9,12H,1-4,7-8H2/q;-1. The van der Waals surface area contributed by atoms with Crippen LogP contribution in [-0.4, -0.2) is 29.1 Å². The van der Waals surface area contributed by atoms with Crippen molar-refractivity contribution in [2.75, 3.05) is 18.0 Å². The molecule has 1 saturated heterocycles. The minimum Gasteiger partial charge on any atom is -0.697 e. The molecule has 2 N–H and O–H groups in total. The van der Waals surface area contributed by atoms with Crippen LogP contribution >= 0.6 is 0 Å². The van der Waals surface area contributed by atoms with E-state index in [1.165, 1.54) is 49.9 Å². The Bertz CT molecular complexity index is 1090. The topological polar surface area (TPSA) is 77.2 Å². The Kier molecular flexibility index (Phi) is 8.15. The fraction of sp³-hybridized carbons (Fsp3) is 0.308. The first-order chi connectivity index (χ1) is 16.1. The first-order valence-electron chi connectivity index (χ1n) is 11.1. The molecule has 3 aromatic rings. The summed E-state index contributed by atoms with van der Waals surface area (Å²) in [5.74, 6) is -0.0407. The Hall–Kier alpha value is -3.55. The molecule has 5 nitrogen and oxygen atoms in total. The SMILES string of the molecule is Cc1ccc(C(=O)O)cc1-c1ccc(C(F)(F)F)cc1.[NH-]c1ccc(N2CCCCCC2)nc1. The number of carbonyl (C=O) groups is 1. The maximum atomic E-state index is 12.5. The lowest BCUT2D eigenvalue weighted by Crippen LogP contribution is -2.24. The number of carboxylic acids is 1. The molecular weight excluding hydrogens is 443 g/mol. The summed E-state index contributed by atoms with van der Waals surface area (Å²) in [4.78, 5) is 17.5. The van der Waals surface area contributed by atoms with Gasteiger partial charge in [0, 0.05) is 19.3 Å². The first kappa shape index (κ1) is 25.1. The normalized spacial score (nSPS) is 14.1. The predicted octanol–water partition coefficient (Wildman–Crippen LogP) is 7.52. The zero-order chi connectivity index (χ0) is 24.7. The number of nitrogens with zero attached hydrogens (tertiary/aromatic N) is 2. The van der Waals surface area contributed by atoms with Crippen LogP contribution in [0.25, 0.3) is 16.9 Å². The molecule has 4 rings (SSSR count). The van der Waals surface area contributed by atoms with Crippen molar-refractivity contribution in [2.24, 2.45) is 0 Å². The maximum absolute atomic E-state index is 12.5. The van der Waals surface area contributed by atoms with E-state index in [1.54, 1.807) is 19.2 Å². The van der Waals surface area contributed by atoms with E-state index >= 15 is 0 Å². The molecular formula is C26H27F3N3O2-. The van der Waals surface area contributed by atoms with Gasteiger partial charge in [-0.05, 0) is 66.8 Å². The Morgan fingerprint density at radius 1 is 0.971 bits per heavy atom. The number of aryl methyl sites for hydroxylation is 1. The highest BCUT2D eigenvalue weighted by Crippen LogP contribution is 2.32. The molecule has 2 aromatic carbocycles. The number of rotatable bonds is 3. The van der Waals surface area contributed by atoms with Crippen LogP contribution in [0.15, 0.2) is 60.8 Å². The second-order valence-corrected chi connectivity index (χ2v) is 8.22. The van der Waals surface area contributed by atoms with Crippen molar-refractivity contribution in [1.82, 2.24) is 4.98 Å². The van der Waals surface area contributed by atoms with Crippen LogP contribution in [0.3, 0.4) is 0 Å². The van der Waals surface area contributed by atoms with Crippen molar-refractivity contribution in [3.05, 3.63) is 83.2 Å². The molecule has 1 aliphatic rings. The number of aromatic nitrogens is 1. The highest BCUT2D eigenvalue weighted by molar-refractivity contribution is 5.90. The molecule has 0 atom stereocenters. The Labute approximate surface area is 197 Å². The molecule has 1 fully saturated rings. The van der Waals surface area contributed by atoms with Crippen molar-refractivity contribution in [1.29, 1.82) is 0 Å². The molecule has 0 aliphatic carbocycles. The van der Waals surface area contributed by atoms with Crippen LogP contribution in [0.4, 0.5) is 24.7 Å². The average molecular weight is 471 g/mol. The number of carboxylic acid groups (broad SMARTS) is 1. The van der Waals surface area contributed by atoms with E-state index in [9.17, 15) is 18.0 Å². The highest BCUT2D eigenvalue weighted by Gasteiger charge is 2.30. The smallest absolute Gasteiger partial charge is 0.416 e. The first-order valence-corrected chi connectivity index (χ1v) is 11.1. The van der Waals surface area contributed by atoms with Crippen LogP contribution < -0.4 is 4.90 Å². The number of nitrogens with one attached hydrogen (secondary N) is 1. The van der Waals surface area contributed by atoms with Gasteiger partial charge in [0.15, 0.2) is 0 Å². The lowest BCUT2D eigenvalue weighted by atomic mass is 9.97. The molecule has 0 saturated carbocycles. The third kappa shape index (κ3) is 6.73. The fourth-order valence-corrected chi connectivity index (χ4v) is 3.78. The van der Waals surface area contributed by atoms with Gasteiger partial charge in [-0.25, -0.2) is 9.78 Å². The van der Waals surface area contributed by atoms with Crippen LogP contribution in [-0.2, 0) is 6.18 Å². The molecule has 0 unspecified atom stereocenters. The van der Waals surface area contributed by atoms with Gasteiger partial charge in [0.25, 0.3) is 0 Å². The average Bonchev–Trinajstić information content (AvgIpc) is 3.09. The molecule has 34 heavy (non-hydrogen) atoms. The van der Waals surface area contributed by atoms with Crippen LogP contribution in [0.5, 0.6) is 0 Å². The van der Waals surface area contributed by atoms with Crippen molar-refractivity contribution < 1.29 is 23.1 Å². The molecule has 1 aliphatic heterocycles. The number of benzene rings is 2. The maximum Gasteiger partial charge on any atom is 0.416 e. The summed E-state index contributed by atoms with van der Waals surface area (Å²) in [6.45, 7) is 4.01. The van der Waals surface area contributed by atoms with E-state index < -0.39 is 17.7 Å². The number of pyridine rings is 1. The van der Waals surface area contributed by atoms with Gasteiger partial charge in [0.1, 0.15) is 5.82 Å². The summed E-state index contributed by atoms with van der Waals surface area (Å²) in [5, 5.41) is 8.95. The zero-order valence-corrected chi connectivity index (χ0v) is 18.9. The minimum absolute atomic E-state index is 0.102. The summed E-state index contributed by atoms with van der Waals surface area (Å²) < 4.78 is 37.5. The highest BCUT2D eigenvalue weighted by atomic mass is 19.4. The van der Waals surface area contributed by atoms with Gasteiger partial charge in [-0.2, -0.15) is 13.2 Å². The molecule has 0 bridgehead atoms. The molecule has 180 valence electrons. The van der Waals surface area contributed by atoms with E-state index in [0.717, 1.165) is 36.6 Å². The zero-order valence-electron chi connectivity index (χ0n) is 18.9. The largest absolute Gasteiger partial charge is 0.697 e. The lowest BCUT2D eigenvalue weighted by Gasteiger charge is -2.21. The third-order valence-corrected chi connectivity index (χ3v) is 5.69. The van der Waals surface area contributed by atoms with Gasteiger partial charge < -0.3 is 15.7 Å². The van der Waals surface area contributed by atoms with Crippen LogP contribution in [0, 0.1) is 6.92 Å². The van der Waals surface area contributed by atoms with Crippen LogP contribution in [0.2, 0.25) is 0 Å². The van der Waals surface area contributed by atoms with Gasteiger partial charge >= 0.3 is 12.1 Å². The summed E-state index contributed by atoms with van der Waals surface area (Å²) in [6.07, 6.45) is 2.46. The second kappa shape index (κ2) is 11.0. The Morgan fingerprint density at radius 3 is 2.15 bits per heavy atom. The van der Waals surface area contributed by atoms with Crippen molar-refractivity contribution in [2.45, 2.75) is 38.8 Å². The van der Waals surface area contributed by atoms with E-state index in [-0.39, 0.29) is 5.56 Å². The number of hydrogen-bond donors (Lipinski definition) is 1. The third-order valence-electron chi connectivity index (χ3n) is 5.69. The van der Waals surface area contributed by atoms with Crippen molar-refractivity contribution >= 4 is 17.5 Å². The van der Waals surface area contributed by atoms with E-state index in [0.29, 0.717) is 16.8 Å². The van der Waals surface area contributed by atoms with E-state index in [1.807, 2.05) is 12.1 Å². The fourth-order valence-electron chi connectivity index (χ4n) is 3.78. The van der Waals surface area contributed by atoms with Gasteiger partial charge in [0.05, 0.1) is 11.1 Å². The number of anilines is 1. The second-order valence-electron chi connectivity index (χ2n) is 8.22. The molecule has 0 spiro atoms. The molecule has 2 heterocycles. The summed E-state index contributed by atoms with van der Waals surface area (Å²) in [7, 11) is 0. The predicted molar refractivity (Wildman–Crippen MR) is 127 cm³/mol. The summed E-state index contributed by atoms with van der Waals surface area (Å²) >= 11 is 0. The van der Waals surface area contributed by atoms with Crippen molar-refractivity contribution in [3.63, 3.8) is 0 Å². The number of alkyl halides is 3. The Morgan fingerprint density at radius 2 is 1.62 bits per heavy atom. The molecule has 8 heteroatoms. The molecule has 0 amide bonds. The van der Waals surface area contributed by atoms with Gasteiger partial charge in [-0.1, -0.05) is 37.1 Å². The monoisotopic (exact) mass is 470 g/mol. The van der Waals surface area contributed by atoms with E-state index in [4.69, 9.17) is 10.8 Å². The lowest BCUT2D eigenvalue weighted by molar-refractivity contribution is -0.137. The molecule has 1 aromatic heterocycles. The van der Waals surface area contributed by atoms with Gasteiger partial charge in [-0.3, -0.25) is 0 Å². The quantitative estimate of drug-likeness (QED) is 0.429. The van der Waals surface area contributed by atoms with Crippen molar-refractivity contribution in [3.8, 4) is 11.1 Å². The number of aromatic carboxylic acids is 1. The Balaban J connectivity index is 0.000000202. The van der Waals surface area contributed by atoms with Gasteiger partial charge in [0.2, 0.25) is 0 Å². The summed E-state index contributed by atoms with van der Waals surface area (Å²) in [6, 6.07) is 13.0. The molecule has 0 radical (unpaired) electrons.